The predicted octanol–water partition coefficient (Wildman–Crippen LogP) is 3.52. The molecule has 0 aliphatic carbocycles. The summed E-state index contributed by atoms with van der Waals surface area (Å²) >= 11 is 7.38. The Balaban J connectivity index is 2.19. The highest BCUT2D eigenvalue weighted by molar-refractivity contribution is 7.99. The van der Waals surface area contributed by atoms with Crippen molar-refractivity contribution in [1.29, 1.82) is 0 Å². The highest BCUT2D eigenvalue weighted by Crippen LogP contribution is 2.29. The van der Waals surface area contributed by atoms with E-state index in [2.05, 4.69) is 21.5 Å². The molecule has 1 aromatic heterocycles. The molecule has 0 fully saturated rings. The molecule has 0 radical (unpaired) electrons. The van der Waals surface area contributed by atoms with Crippen LogP contribution in [0.15, 0.2) is 42.1 Å². The number of thioether (sulfide) groups is 1. The number of aromatic nitrogens is 3. The maximum atomic E-state index is 11.3. The van der Waals surface area contributed by atoms with E-state index in [0.717, 1.165) is 0 Å². The predicted molar refractivity (Wildman–Crippen MR) is 93.5 cm³/mol. The van der Waals surface area contributed by atoms with Crippen LogP contribution in [0.4, 0.5) is 0 Å². The van der Waals surface area contributed by atoms with Crippen LogP contribution in [0.5, 0.6) is 5.75 Å². The summed E-state index contributed by atoms with van der Waals surface area (Å²) in [6.45, 7) is 6.11. The lowest BCUT2D eigenvalue weighted by Crippen LogP contribution is -2.13. The van der Waals surface area contributed by atoms with E-state index in [0.29, 0.717) is 28.3 Å². The minimum absolute atomic E-state index is 0.158. The second kappa shape index (κ2) is 8.75. The first-order chi connectivity index (χ1) is 11.6. The molecule has 0 amide bonds. The van der Waals surface area contributed by atoms with Gasteiger partial charge in [0.25, 0.3) is 0 Å². The molecule has 1 heterocycles. The Bertz CT molecular complexity index is 720. The molecule has 1 aromatic carbocycles. The molecule has 128 valence electrons. The van der Waals surface area contributed by atoms with Gasteiger partial charge in [-0.3, -0.25) is 9.36 Å². The Labute approximate surface area is 149 Å². The van der Waals surface area contributed by atoms with Crippen molar-refractivity contribution in [2.75, 3.05) is 12.9 Å². The zero-order valence-electron chi connectivity index (χ0n) is 13.4. The Kier molecular flexibility index (Phi) is 6.69. The van der Waals surface area contributed by atoms with Crippen LogP contribution in [0.2, 0.25) is 5.02 Å². The Hall–Kier alpha value is -1.99. The van der Waals surface area contributed by atoms with E-state index in [9.17, 15) is 4.79 Å². The SMILES string of the molecule is C=CCn1c(SCC(=O)OC)nnc1C(C)Oc1ccccc1Cl. The standard InChI is InChI=1S/C16H18ClN3O3S/c1-4-9-20-15(18-19-16(20)24-10-14(21)22-3)11(2)23-13-8-6-5-7-12(13)17/h4-8,11H,1,9-10H2,2-3H3. The van der Waals surface area contributed by atoms with Gasteiger partial charge in [-0.2, -0.15) is 0 Å². The van der Waals surface area contributed by atoms with Crippen molar-refractivity contribution in [2.45, 2.75) is 24.7 Å². The molecule has 0 N–H and O–H groups in total. The Morgan fingerprint density at radius 2 is 2.21 bits per heavy atom. The number of hydrogen-bond donors (Lipinski definition) is 0. The quantitative estimate of drug-likeness (QED) is 0.404. The number of hydrogen-bond acceptors (Lipinski definition) is 6. The highest BCUT2D eigenvalue weighted by Gasteiger charge is 2.20. The van der Waals surface area contributed by atoms with Gasteiger partial charge in [0.15, 0.2) is 17.1 Å². The first-order valence-electron chi connectivity index (χ1n) is 7.21. The van der Waals surface area contributed by atoms with Gasteiger partial charge in [-0.25, -0.2) is 0 Å². The summed E-state index contributed by atoms with van der Waals surface area (Å²) in [7, 11) is 1.35. The van der Waals surface area contributed by atoms with Crippen LogP contribution in [0.1, 0.15) is 18.9 Å². The lowest BCUT2D eigenvalue weighted by atomic mass is 10.3. The maximum Gasteiger partial charge on any atom is 0.316 e. The van der Waals surface area contributed by atoms with E-state index < -0.39 is 0 Å². The van der Waals surface area contributed by atoms with Crippen LogP contribution >= 0.6 is 23.4 Å². The summed E-state index contributed by atoms with van der Waals surface area (Å²) in [4.78, 5) is 11.3. The van der Waals surface area contributed by atoms with E-state index in [1.165, 1.54) is 18.9 Å². The number of para-hydroxylation sites is 1. The number of halogens is 1. The smallest absolute Gasteiger partial charge is 0.316 e. The fourth-order valence-electron chi connectivity index (χ4n) is 1.97. The molecule has 2 rings (SSSR count). The van der Waals surface area contributed by atoms with E-state index in [1.807, 2.05) is 23.6 Å². The summed E-state index contributed by atoms with van der Waals surface area (Å²) in [6.07, 6.45) is 1.36. The minimum Gasteiger partial charge on any atom is -0.481 e. The molecular weight excluding hydrogens is 350 g/mol. The molecule has 1 unspecified atom stereocenters. The number of benzene rings is 1. The third-order valence-corrected chi connectivity index (χ3v) is 4.36. The zero-order valence-corrected chi connectivity index (χ0v) is 15.0. The number of esters is 1. The van der Waals surface area contributed by atoms with E-state index in [1.54, 1.807) is 18.2 Å². The van der Waals surface area contributed by atoms with E-state index >= 15 is 0 Å². The third-order valence-electron chi connectivity index (χ3n) is 3.11. The van der Waals surface area contributed by atoms with Gasteiger partial charge in [0, 0.05) is 6.54 Å². The third kappa shape index (κ3) is 4.52. The normalized spacial score (nSPS) is 11.8. The van der Waals surface area contributed by atoms with E-state index in [-0.39, 0.29) is 17.8 Å². The number of carbonyl (C=O) groups is 1. The van der Waals surface area contributed by atoms with Crippen molar-refractivity contribution in [3.8, 4) is 5.75 Å². The van der Waals surface area contributed by atoms with Crippen molar-refractivity contribution < 1.29 is 14.3 Å². The fraction of sp³-hybridized carbons (Fsp3) is 0.312. The van der Waals surface area contributed by atoms with Crippen molar-refractivity contribution in [1.82, 2.24) is 14.8 Å². The number of rotatable bonds is 8. The van der Waals surface area contributed by atoms with Gasteiger partial charge in [-0.15, -0.1) is 16.8 Å². The molecule has 1 atom stereocenters. The van der Waals surface area contributed by atoms with Crippen LogP contribution in [0, 0.1) is 0 Å². The summed E-state index contributed by atoms with van der Waals surface area (Å²) in [6, 6.07) is 7.23. The molecule has 8 heteroatoms. The summed E-state index contributed by atoms with van der Waals surface area (Å²) in [5.41, 5.74) is 0. The van der Waals surface area contributed by atoms with Crippen LogP contribution in [-0.4, -0.2) is 33.6 Å². The van der Waals surface area contributed by atoms with Gasteiger partial charge in [-0.1, -0.05) is 41.6 Å². The molecule has 0 aliphatic rings. The summed E-state index contributed by atoms with van der Waals surface area (Å²) < 4.78 is 12.4. The molecular formula is C16H18ClN3O3S. The van der Waals surface area contributed by atoms with Crippen LogP contribution < -0.4 is 4.74 Å². The molecule has 0 saturated heterocycles. The molecule has 0 saturated carbocycles. The zero-order chi connectivity index (χ0) is 17.5. The van der Waals surface area contributed by atoms with Crippen LogP contribution in [-0.2, 0) is 16.1 Å². The topological polar surface area (TPSA) is 66.2 Å². The Morgan fingerprint density at radius 3 is 2.88 bits per heavy atom. The monoisotopic (exact) mass is 367 g/mol. The molecule has 6 nitrogen and oxygen atoms in total. The minimum atomic E-state index is -0.371. The number of methoxy groups -OCH3 is 1. The van der Waals surface area contributed by atoms with Crippen LogP contribution in [0.25, 0.3) is 0 Å². The summed E-state index contributed by atoms with van der Waals surface area (Å²) in [5.74, 6) is 1.03. The number of ether oxygens (including phenoxy) is 2. The lowest BCUT2D eigenvalue weighted by molar-refractivity contribution is -0.137. The van der Waals surface area contributed by atoms with Gasteiger partial charge >= 0.3 is 5.97 Å². The van der Waals surface area contributed by atoms with Gasteiger partial charge in [-0.05, 0) is 19.1 Å². The molecule has 24 heavy (non-hydrogen) atoms. The number of allylic oxidation sites excluding steroid dienone is 1. The van der Waals surface area contributed by atoms with E-state index in [4.69, 9.17) is 16.3 Å². The highest BCUT2D eigenvalue weighted by atomic mass is 35.5. The first-order valence-corrected chi connectivity index (χ1v) is 8.58. The molecule has 2 aromatic rings. The van der Waals surface area contributed by atoms with Crippen molar-refractivity contribution in [3.63, 3.8) is 0 Å². The molecule has 0 spiro atoms. The average Bonchev–Trinajstić information content (AvgIpc) is 2.98. The second-order valence-corrected chi connectivity index (χ2v) is 6.15. The van der Waals surface area contributed by atoms with Crippen LogP contribution in [0.3, 0.4) is 0 Å². The Morgan fingerprint density at radius 1 is 1.46 bits per heavy atom. The lowest BCUT2D eigenvalue weighted by Gasteiger charge is -2.16. The van der Waals surface area contributed by atoms with Gasteiger partial charge < -0.3 is 9.47 Å². The maximum absolute atomic E-state index is 11.3. The van der Waals surface area contributed by atoms with Gasteiger partial charge in [0.2, 0.25) is 0 Å². The number of carbonyl (C=O) groups excluding carboxylic acids is 1. The summed E-state index contributed by atoms with van der Waals surface area (Å²) in [5, 5.41) is 9.45. The van der Waals surface area contributed by atoms with Crippen molar-refractivity contribution in [3.05, 3.63) is 47.8 Å². The molecule has 0 bridgehead atoms. The van der Waals surface area contributed by atoms with Gasteiger partial charge in [0.05, 0.1) is 17.9 Å². The molecule has 0 aliphatic heterocycles. The van der Waals surface area contributed by atoms with Crippen molar-refractivity contribution in [2.24, 2.45) is 0 Å². The first kappa shape index (κ1) is 18.4. The largest absolute Gasteiger partial charge is 0.481 e. The van der Waals surface area contributed by atoms with Gasteiger partial charge in [0.1, 0.15) is 5.75 Å². The fourth-order valence-corrected chi connectivity index (χ4v) is 2.94. The average molecular weight is 368 g/mol. The van der Waals surface area contributed by atoms with Crippen molar-refractivity contribution >= 4 is 29.3 Å². The number of nitrogens with zero attached hydrogens (tertiary/aromatic N) is 3. The second-order valence-electron chi connectivity index (χ2n) is 4.80.